The number of carbonyl (C=O) groups is 2. The van der Waals surface area contributed by atoms with E-state index in [1.54, 1.807) is 12.1 Å². The van der Waals surface area contributed by atoms with Gasteiger partial charge in [0, 0.05) is 11.5 Å². The third-order valence-electron chi connectivity index (χ3n) is 2.79. The molecule has 0 aliphatic rings. The van der Waals surface area contributed by atoms with Crippen molar-refractivity contribution in [1.29, 1.82) is 0 Å². The zero-order valence-corrected chi connectivity index (χ0v) is 9.84. The molecule has 0 bridgehead atoms. The van der Waals surface area contributed by atoms with Crippen molar-refractivity contribution < 1.29 is 9.59 Å². The monoisotopic (exact) mass is 244 g/mol. The lowest BCUT2D eigenvalue weighted by Crippen LogP contribution is -2.24. The third kappa shape index (κ3) is 1.90. The fraction of sp³-hybridized carbons (Fsp3) is 0.154. The molecule has 5 nitrogen and oxygen atoms in total. The first-order valence-electron chi connectivity index (χ1n) is 5.42. The Balaban J connectivity index is 2.94. The number of rotatable bonds is 3. The van der Waals surface area contributed by atoms with Gasteiger partial charge in [0.15, 0.2) is 0 Å². The van der Waals surface area contributed by atoms with Gasteiger partial charge in [-0.1, -0.05) is 12.1 Å². The van der Waals surface area contributed by atoms with Crippen LogP contribution in [0.4, 0.5) is 0 Å². The van der Waals surface area contributed by atoms with Crippen LogP contribution in [0.3, 0.4) is 0 Å². The minimum Gasteiger partial charge on any atom is -0.366 e. The predicted molar refractivity (Wildman–Crippen MR) is 67.5 cm³/mol. The van der Waals surface area contributed by atoms with Crippen LogP contribution in [-0.2, 0) is 11.3 Å². The molecule has 0 aliphatic carbocycles. The van der Waals surface area contributed by atoms with Gasteiger partial charge in [-0.15, -0.1) is 0 Å². The second-order valence-corrected chi connectivity index (χ2v) is 4.06. The number of aromatic nitrogens is 1. The molecule has 0 saturated heterocycles. The van der Waals surface area contributed by atoms with Crippen LogP contribution in [0.25, 0.3) is 10.9 Å². The molecule has 0 radical (unpaired) electrons. The van der Waals surface area contributed by atoms with E-state index in [0.717, 1.165) is 5.56 Å². The summed E-state index contributed by atoms with van der Waals surface area (Å²) in [5, 5.41) is 0.578. The summed E-state index contributed by atoms with van der Waals surface area (Å²) in [6.07, 6.45) is 0.646. The molecular weight excluding hydrogens is 232 g/mol. The molecule has 5 heteroatoms. The lowest BCUT2D eigenvalue weighted by Gasteiger charge is -2.10. The van der Waals surface area contributed by atoms with Crippen LogP contribution in [-0.4, -0.2) is 16.8 Å². The molecular formula is C13H12N2O3. The van der Waals surface area contributed by atoms with Gasteiger partial charge in [0.25, 0.3) is 5.56 Å². The summed E-state index contributed by atoms with van der Waals surface area (Å²) in [6, 6.07) is 6.48. The van der Waals surface area contributed by atoms with Gasteiger partial charge in [-0.05, 0) is 18.6 Å². The van der Waals surface area contributed by atoms with Gasteiger partial charge in [0.05, 0.1) is 17.6 Å². The number of carbonyl (C=O) groups excluding carboxylic acids is 2. The second kappa shape index (κ2) is 4.44. The SMILES string of the molecule is Cc1ccc2c(C(N)=O)cc(=O)n(CC=O)c2c1. The largest absolute Gasteiger partial charge is 0.366 e. The van der Waals surface area contributed by atoms with Gasteiger partial charge in [-0.2, -0.15) is 0 Å². The van der Waals surface area contributed by atoms with E-state index >= 15 is 0 Å². The van der Waals surface area contributed by atoms with Gasteiger partial charge in [-0.25, -0.2) is 0 Å². The van der Waals surface area contributed by atoms with Crippen LogP contribution in [0.15, 0.2) is 29.1 Å². The minimum absolute atomic E-state index is 0.0438. The molecule has 0 spiro atoms. The summed E-state index contributed by atoms with van der Waals surface area (Å²) in [6.45, 7) is 1.82. The van der Waals surface area contributed by atoms with Crippen LogP contribution in [0.5, 0.6) is 0 Å². The van der Waals surface area contributed by atoms with Gasteiger partial charge >= 0.3 is 0 Å². The maximum Gasteiger partial charge on any atom is 0.252 e. The molecule has 0 aliphatic heterocycles. The Kier molecular flexibility index (Phi) is 2.97. The Labute approximate surface area is 103 Å². The highest BCUT2D eigenvalue weighted by Gasteiger charge is 2.12. The van der Waals surface area contributed by atoms with Crippen LogP contribution in [0, 0.1) is 6.92 Å². The molecule has 0 atom stereocenters. The van der Waals surface area contributed by atoms with Crippen molar-refractivity contribution in [1.82, 2.24) is 4.57 Å². The quantitative estimate of drug-likeness (QED) is 0.803. The topological polar surface area (TPSA) is 82.2 Å². The number of benzene rings is 1. The number of hydrogen-bond donors (Lipinski definition) is 1. The van der Waals surface area contributed by atoms with E-state index in [1.165, 1.54) is 10.6 Å². The van der Waals surface area contributed by atoms with Gasteiger partial charge in [0.2, 0.25) is 5.91 Å². The molecule has 92 valence electrons. The van der Waals surface area contributed by atoms with Crippen molar-refractivity contribution in [2.45, 2.75) is 13.5 Å². The molecule has 1 aromatic heterocycles. The highest BCUT2D eigenvalue weighted by molar-refractivity contribution is 6.05. The smallest absolute Gasteiger partial charge is 0.252 e. The molecule has 1 aromatic carbocycles. The van der Waals surface area contributed by atoms with Crippen molar-refractivity contribution in [2.24, 2.45) is 5.73 Å². The molecule has 0 unspecified atom stereocenters. The van der Waals surface area contributed by atoms with E-state index in [0.29, 0.717) is 17.2 Å². The maximum absolute atomic E-state index is 11.9. The fourth-order valence-electron chi connectivity index (χ4n) is 1.96. The van der Waals surface area contributed by atoms with Crippen LogP contribution in [0.1, 0.15) is 15.9 Å². The number of fused-ring (bicyclic) bond motifs is 1. The Morgan fingerprint density at radius 1 is 1.39 bits per heavy atom. The average Bonchev–Trinajstić information content (AvgIpc) is 2.32. The standard InChI is InChI=1S/C13H12N2O3/c1-8-2-3-9-10(13(14)18)7-12(17)15(4-5-16)11(9)6-8/h2-3,5-7H,4H2,1H3,(H2,14,18). The molecule has 2 aromatic rings. The lowest BCUT2D eigenvalue weighted by atomic mass is 10.1. The van der Waals surface area contributed by atoms with E-state index in [4.69, 9.17) is 5.73 Å². The fourth-order valence-corrected chi connectivity index (χ4v) is 1.96. The Morgan fingerprint density at radius 3 is 2.72 bits per heavy atom. The zero-order valence-electron chi connectivity index (χ0n) is 9.84. The van der Waals surface area contributed by atoms with E-state index in [9.17, 15) is 14.4 Å². The number of pyridine rings is 1. The number of amides is 1. The van der Waals surface area contributed by atoms with Crippen molar-refractivity contribution in [3.05, 3.63) is 45.7 Å². The first kappa shape index (κ1) is 12.0. The Morgan fingerprint density at radius 2 is 2.11 bits per heavy atom. The summed E-state index contributed by atoms with van der Waals surface area (Å²) in [5.74, 6) is -0.654. The Hall–Kier alpha value is -2.43. The van der Waals surface area contributed by atoms with Crippen molar-refractivity contribution >= 4 is 23.1 Å². The highest BCUT2D eigenvalue weighted by Crippen LogP contribution is 2.18. The normalized spacial score (nSPS) is 10.5. The number of primary amides is 1. The highest BCUT2D eigenvalue weighted by atomic mass is 16.1. The van der Waals surface area contributed by atoms with E-state index in [1.807, 2.05) is 13.0 Å². The number of aldehydes is 1. The second-order valence-electron chi connectivity index (χ2n) is 4.06. The van der Waals surface area contributed by atoms with E-state index in [-0.39, 0.29) is 12.1 Å². The third-order valence-corrected chi connectivity index (χ3v) is 2.79. The maximum atomic E-state index is 11.9. The zero-order chi connectivity index (χ0) is 13.3. The van der Waals surface area contributed by atoms with Gasteiger partial charge in [-0.3, -0.25) is 9.59 Å². The first-order chi connectivity index (χ1) is 8.54. The van der Waals surface area contributed by atoms with E-state index < -0.39 is 11.5 Å². The van der Waals surface area contributed by atoms with E-state index in [2.05, 4.69) is 0 Å². The molecule has 18 heavy (non-hydrogen) atoms. The molecule has 0 saturated carbocycles. The number of nitrogens with zero attached hydrogens (tertiary/aromatic N) is 1. The molecule has 1 heterocycles. The summed E-state index contributed by atoms with van der Waals surface area (Å²) in [5.41, 5.74) is 6.50. The minimum atomic E-state index is -0.654. The van der Waals surface area contributed by atoms with Crippen molar-refractivity contribution in [3.63, 3.8) is 0 Å². The predicted octanol–water partition coefficient (Wildman–Crippen LogP) is 0.608. The molecule has 2 N–H and O–H groups in total. The van der Waals surface area contributed by atoms with Crippen LogP contribution >= 0.6 is 0 Å². The summed E-state index contributed by atoms with van der Waals surface area (Å²) in [7, 11) is 0. The summed E-state index contributed by atoms with van der Waals surface area (Å²) in [4.78, 5) is 33.8. The van der Waals surface area contributed by atoms with Crippen molar-refractivity contribution in [3.8, 4) is 0 Å². The first-order valence-corrected chi connectivity index (χ1v) is 5.42. The molecule has 1 amide bonds. The van der Waals surface area contributed by atoms with Gasteiger partial charge in [0.1, 0.15) is 6.29 Å². The summed E-state index contributed by atoms with van der Waals surface area (Å²) >= 11 is 0. The van der Waals surface area contributed by atoms with Crippen LogP contribution in [0.2, 0.25) is 0 Å². The molecule has 0 fully saturated rings. The van der Waals surface area contributed by atoms with Crippen molar-refractivity contribution in [2.75, 3.05) is 0 Å². The number of aryl methyl sites for hydroxylation is 1. The molecule has 2 rings (SSSR count). The Bertz CT molecular complexity index is 701. The van der Waals surface area contributed by atoms with Gasteiger partial charge < -0.3 is 15.1 Å². The average molecular weight is 244 g/mol. The van der Waals surface area contributed by atoms with Crippen LogP contribution < -0.4 is 11.3 Å². The summed E-state index contributed by atoms with van der Waals surface area (Å²) < 4.78 is 1.32. The lowest BCUT2D eigenvalue weighted by molar-refractivity contribution is -0.108. The number of hydrogen-bond acceptors (Lipinski definition) is 3. The number of nitrogens with two attached hydrogens (primary N) is 1.